The first-order chi connectivity index (χ1) is 18.9. The first kappa shape index (κ1) is 27.4. The van der Waals surface area contributed by atoms with Crippen molar-refractivity contribution in [3.63, 3.8) is 0 Å². The number of nitro benzene ring substituents is 1. The number of carbonyl (C=O) groups excluding carboxylic acids is 1. The van der Waals surface area contributed by atoms with Crippen LogP contribution in [-0.2, 0) is 0 Å². The molecule has 1 amide bonds. The van der Waals surface area contributed by atoms with E-state index in [1.807, 2.05) is 66.7 Å². The third-order valence-electron chi connectivity index (χ3n) is 6.71. The first-order valence-corrected chi connectivity index (χ1v) is 14.4. The van der Waals surface area contributed by atoms with Crippen LogP contribution in [0.4, 0.5) is 5.69 Å². The van der Waals surface area contributed by atoms with Crippen LogP contribution in [-0.4, -0.2) is 46.8 Å². The molecule has 0 aliphatic carbocycles. The molecule has 9 heteroatoms. The number of rotatable bonds is 7. The number of hydrogen-bond acceptors (Lipinski definition) is 5. The highest BCUT2D eigenvalue weighted by atomic mass is 79.9. The summed E-state index contributed by atoms with van der Waals surface area (Å²) < 4.78 is 0.936. The lowest BCUT2D eigenvalue weighted by atomic mass is 9.96. The smallest absolute Gasteiger partial charge is 0.284 e. The molecule has 0 saturated carbocycles. The van der Waals surface area contributed by atoms with Crippen molar-refractivity contribution in [1.29, 1.82) is 0 Å². The van der Waals surface area contributed by atoms with Gasteiger partial charge in [0.05, 0.1) is 15.9 Å². The quantitative estimate of drug-likeness (QED) is 0.156. The van der Waals surface area contributed by atoms with Crippen LogP contribution in [0.15, 0.2) is 111 Å². The van der Waals surface area contributed by atoms with Gasteiger partial charge in [0.1, 0.15) is 0 Å². The Labute approximate surface area is 244 Å². The van der Waals surface area contributed by atoms with E-state index in [1.165, 1.54) is 23.4 Å². The molecule has 0 bridgehead atoms. The molecule has 0 spiro atoms. The Morgan fingerprint density at radius 2 is 1.51 bits per heavy atom. The van der Waals surface area contributed by atoms with Crippen LogP contribution >= 0.6 is 39.3 Å². The summed E-state index contributed by atoms with van der Waals surface area (Å²) in [6.45, 7) is 2.40. The fourth-order valence-electron chi connectivity index (χ4n) is 4.77. The zero-order valence-electron chi connectivity index (χ0n) is 20.9. The first-order valence-electron chi connectivity index (χ1n) is 12.4. The predicted molar refractivity (Wildman–Crippen MR) is 159 cm³/mol. The van der Waals surface area contributed by atoms with Crippen molar-refractivity contribution in [2.45, 2.75) is 15.8 Å². The summed E-state index contributed by atoms with van der Waals surface area (Å²) in [4.78, 5) is 30.4. The molecule has 5 rings (SSSR count). The van der Waals surface area contributed by atoms with Crippen LogP contribution < -0.4 is 0 Å². The maximum Gasteiger partial charge on any atom is 0.284 e. The van der Waals surface area contributed by atoms with E-state index in [0.717, 1.165) is 14.9 Å². The van der Waals surface area contributed by atoms with Crippen LogP contribution in [0.25, 0.3) is 0 Å². The third kappa shape index (κ3) is 6.53. The Kier molecular flexibility index (Phi) is 8.67. The molecule has 4 aromatic carbocycles. The van der Waals surface area contributed by atoms with Crippen molar-refractivity contribution in [3.8, 4) is 0 Å². The molecule has 4 aromatic rings. The zero-order valence-corrected chi connectivity index (χ0v) is 24.0. The van der Waals surface area contributed by atoms with E-state index in [2.05, 4.69) is 33.0 Å². The minimum Gasteiger partial charge on any atom is -0.336 e. The van der Waals surface area contributed by atoms with Crippen LogP contribution in [0.3, 0.4) is 0 Å². The molecule has 1 aliphatic rings. The maximum atomic E-state index is 13.4. The van der Waals surface area contributed by atoms with Crippen molar-refractivity contribution in [2.24, 2.45) is 0 Å². The second-order valence-corrected chi connectivity index (χ2v) is 11.7. The fraction of sp³-hybridized carbons (Fsp3) is 0.167. The number of piperazine rings is 1. The lowest BCUT2D eigenvalue weighted by Gasteiger charge is -2.39. The van der Waals surface area contributed by atoms with E-state index in [1.54, 1.807) is 17.0 Å². The SMILES string of the molecule is O=C(c1ccc(Sc2ccc(Br)cc2)c([N+](=O)[O-])c1)N1CCN([C@H](c2ccccc2)c2ccc(Cl)cc2)CC1. The predicted octanol–water partition coefficient (Wildman–Crippen LogP) is 7.71. The Hall–Kier alpha value is -3.17. The zero-order chi connectivity index (χ0) is 27.4. The molecule has 0 aromatic heterocycles. The van der Waals surface area contributed by atoms with Crippen molar-refractivity contribution < 1.29 is 9.72 Å². The van der Waals surface area contributed by atoms with Crippen molar-refractivity contribution in [2.75, 3.05) is 26.2 Å². The van der Waals surface area contributed by atoms with Crippen LogP contribution in [0.2, 0.25) is 5.02 Å². The van der Waals surface area contributed by atoms with Gasteiger partial charge in [-0.25, -0.2) is 0 Å². The monoisotopic (exact) mass is 621 g/mol. The molecular weight excluding hydrogens is 598 g/mol. The lowest BCUT2D eigenvalue weighted by molar-refractivity contribution is -0.387. The van der Waals surface area contributed by atoms with Gasteiger partial charge < -0.3 is 4.90 Å². The van der Waals surface area contributed by atoms with Gasteiger partial charge >= 0.3 is 0 Å². The lowest BCUT2D eigenvalue weighted by Crippen LogP contribution is -2.49. The minimum absolute atomic E-state index is 0.0386. The van der Waals surface area contributed by atoms with Gasteiger partial charge in [0.15, 0.2) is 0 Å². The standard InChI is InChI=1S/C30H25BrClN3O3S/c31-24-9-13-26(14-10-24)39-28-15-8-23(20-27(28)35(37)38)30(36)34-18-16-33(17-19-34)29(21-4-2-1-3-5-21)22-6-11-25(32)12-7-22/h1-15,20,29H,16-19H2/t29-/m1/s1. The number of hydrogen-bond donors (Lipinski definition) is 0. The van der Waals surface area contributed by atoms with E-state index in [-0.39, 0.29) is 17.6 Å². The summed E-state index contributed by atoms with van der Waals surface area (Å²) in [5.74, 6) is -0.194. The van der Waals surface area contributed by atoms with Gasteiger partial charge in [0.25, 0.3) is 11.6 Å². The van der Waals surface area contributed by atoms with E-state index in [0.29, 0.717) is 41.7 Å². The summed E-state index contributed by atoms with van der Waals surface area (Å²) >= 11 is 10.9. The van der Waals surface area contributed by atoms with Gasteiger partial charge in [-0.15, -0.1) is 0 Å². The Bertz CT molecular complexity index is 1460. The Morgan fingerprint density at radius 3 is 2.15 bits per heavy atom. The second-order valence-electron chi connectivity index (χ2n) is 9.19. The van der Waals surface area contributed by atoms with Crippen LogP contribution in [0.1, 0.15) is 27.5 Å². The maximum absolute atomic E-state index is 13.4. The molecule has 0 N–H and O–H groups in total. The van der Waals surface area contributed by atoms with E-state index < -0.39 is 4.92 Å². The number of benzene rings is 4. The molecule has 6 nitrogen and oxygen atoms in total. The Morgan fingerprint density at radius 1 is 0.872 bits per heavy atom. The molecule has 198 valence electrons. The van der Waals surface area contributed by atoms with Gasteiger partial charge in [-0.2, -0.15) is 0 Å². The molecule has 1 heterocycles. The topological polar surface area (TPSA) is 66.7 Å². The molecule has 1 saturated heterocycles. The fourth-order valence-corrected chi connectivity index (χ4v) is 6.06. The molecule has 0 radical (unpaired) electrons. The number of nitro groups is 1. The molecular formula is C30H25BrClN3O3S. The summed E-state index contributed by atoms with van der Waals surface area (Å²) in [6.07, 6.45) is 0. The van der Waals surface area contributed by atoms with Crippen LogP contribution in [0.5, 0.6) is 0 Å². The molecule has 1 atom stereocenters. The normalized spacial score (nSPS) is 14.7. The number of halogens is 2. The minimum atomic E-state index is -0.424. The van der Waals surface area contributed by atoms with Gasteiger partial charge in [-0.1, -0.05) is 81.8 Å². The van der Waals surface area contributed by atoms with E-state index in [4.69, 9.17) is 11.6 Å². The van der Waals surface area contributed by atoms with Crippen LogP contribution in [0, 0.1) is 10.1 Å². The van der Waals surface area contributed by atoms with Gasteiger partial charge in [0, 0.05) is 52.2 Å². The molecule has 39 heavy (non-hydrogen) atoms. The van der Waals surface area contributed by atoms with E-state index in [9.17, 15) is 14.9 Å². The average Bonchev–Trinajstić information content (AvgIpc) is 2.96. The summed E-state index contributed by atoms with van der Waals surface area (Å²) in [7, 11) is 0. The Balaban J connectivity index is 1.31. The highest BCUT2D eigenvalue weighted by molar-refractivity contribution is 9.10. The summed E-state index contributed by atoms with van der Waals surface area (Å²) in [6, 6.07) is 30.5. The van der Waals surface area contributed by atoms with Crippen molar-refractivity contribution in [3.05, 3.63) is 133 Å². The molecule has 1 aliphatic heterocycles. The van der Waals surface area contributed by atoms with Crippen molar-refractivity contribution >= 4 is 50.9 Å². The number of amides is 1. The number of carbonyl (C=O) groups is 1. The third-order valence-corrected chi connectivity index (χ3v) is 8.57. The highest BCUT2D eigenvalue weighted by Gasteiger charge is 2.29. The summed E-state index contributed by atoms with van der Waals surface area (Å²) in [5, 5.41) is 12.6. The van der Waals surface area contributed by atoms with Gasteiger partial charge in [-0.3, -0.25) is 19.8 Å². The summed E-state index contributed by atoms with van der Waals surface area (Å²) in [5.41, 5.74) is 2.57. The molecule has 1 fully saturated rings. The number of nitrogens with zero attached hydrogens (tertiary/aromatic N) is 3. The highest BCUT2D eigenvalue weighted by Crippen LogP contribution is 2.36. The van der Waals surface area contributed by atoms with Crippen molar-refractivity contribution in [1.82, 2.24) is 9.80 Å². The van der Waals surface area contributed by atoms with E-state index >= 15 is 0 Å². The molecule has 0 unspecified atom stereocenters. The van der Waals surface area contributed by atoms with Gasteiger partial charge in [0.2, 0.25) is 0 Å². The largest absolute Gasteiger partial charge is 0.336 e. The average molecular weight is 623 g/mol. The van der Waals surface area contributed by atoms with Gasteiger partial charge in [-0.05, 0) is 59.7 Å². The second kappa shape index (κ2) is 12.3.